The van der Waals surface area contributed by atoms with Gasteiger partial charge in [0.2, 0.25) is 0 Å². The molecule has 2 saturated heterocycles. The van der Waals surface area contributed by atoms with Crippen LogP contribution >= 0.6 is 0 Å². The molecular weight excluding hydrogens is 863 g/mol. The third-order valence-electron chi connectivity index (χ3n) is 12.3. The normalized spacial score (nSPS) is 15.3. The summed E-state index contributed by atoms with van der Waals surface area (Å²) < 4.78 is 13.4. The number of anilines is 2. The topological polar surface area (TPSA) is 139 Å². The SMILES string of the molecule is CC(C)COC1([N+](C)(C)c2ccc(Cc3ccc([N+](C)(C)C4([N+](C)(C)CC[N+](C)(C)C)OO4)cc3)cc2)OO1.CCCCNC(=O)Nc1ccc(Cc2ccc(NC(=O)OCC(C)C)cc2)cc1. The fourth-order valence-corrected chi connectivity index (χ4v) is 7.62. The number of benzene rings is 4. The van der Waals surface area contributed by atoms with Gasteiger partial charge in [0.05, 0.1) is 76.6 Å². The molecule has 2 aliphatic heterocycles. The first-order valence-electron chi connectivity index (χ1n) is 24.0. The molecule has 3 N–H and O–H groups in total. The maximum atomic E-state index is 11.8. The monoisotopic (exact) mass is 944 g/mol. The molecule has 0 bridgehead atoms. The van der Waals surface area contributed by atoms with Gasteiger partial charge in [0, 0.05) is 17.9 Å². The molecule has 2 heterocycles. The summed E-state index contributed by atoms with van der Waals surface area (Å²) >= 11 is 0. The molecule has 2 aliphatic rings. The predicted octanol–water partition coefficient (Wildman–Crippen LogP) is 9.42. The number of amides is 3. The number of hydrogen-bond donors (Lipinski definition) is 3. The summed E-state index contributed by atoms with van der Waals surface area (Å²) in [6.07, 6.45) is 2.12. The van der Waals surface area contributed by atoms with Crippen molar-refractivity contribution in [3.05, 3.63) is 119 Å². The molecule has 2 fully saturated rings. The molecular formula is C53H81N7O8+4. The highest BCUT2D eigenvalue weighted by atomic mass is 17.5. The van der Waals surface area contributed by atoms with Crippen molar-refractivity contribution in [2.24, 2.45) is 11.8 Å². The Morgan fingerprint density at radius 2 is 1.01 bits per heavy atom. The molecule has 3 amide bonds. The second-order valence-corrected chi connectivity index (χ2v) is 21.4. The third-order valence-corrected chi connectivity index (χ3v) is 12.3. The van der Waals surface area contributed by atoms with Crippen LogP contribution in [0.2, 0.25) is 0 Å². The molecule has 4 aromatic carbocycles. The van der Waals surface area contributed by atoms with E-state index in [-0.39, 0.29) is 6.03 Å². The van der Waals surface area contributed by atoms with E-state index in [0.29, 0.717) is 50.7 Å². The minimum absolute atomic E-state index is 0.179. The highest BCUT2D eigenvalue weighted by molar-refractivity contribution is 5.89. The molecule has 0 radical (unpaired) electrons. The smallest absolute Gasteiger partial charge is 0.449 e. The van der Waals surface area contributed by atoms with E-state index in [1.807, 2.05) is 76.5 Å². The molecule has 372 valence electrons. The minimum atomic E-state index is -1.07. The summed E-state index contributed by atoms with van der Waals surface area (Å²) in [7, 11) is 19.4. The maximum Gasteiger partial charge on any atom is 0.530 e. The van der Waals surface area contributed by atoms with E-state index in [1.165, 1.54) is 11.1 Å². The average Bonchev–Trinajstić information content (AvgIpc) is 4.22. The van der Waals surface area contributed by atoms with Gasteiger partial charge in [0.15, 0.2) is 0 Å². The van der Waals surface area contributed by atoms with E-state index in [2.05, 4.69) is 135 Å². The van der Waals surface area contributed by atoms with Crippen LogP contribution in [0.25, 0.3) is 0 Å². The Kier molecular flexibility index (Phi) is 18.0. The quantitative estimate of drug-likeness (QED) is 0.0233. The predicted molar refractivity (Wildman–Crippen MR) is 271 cm³/mol. The zero-order valence-electron chi connectivity index (χ0n) is 43.3. The number of carbonyl (C=O) groups excluding carboxylic acids is 2. The Bertz CT molecular complexity index is 2210. The third kappa shape index (κ3) is 14.5. The van der Waals surface area contributed by atoms with E-state index in [4.69, 9.17) is 29.0 Å². The van der Waals surface area contributed by atoms with Crippen molar-refractivity contribution >= 4 is 34.9 Å². The van der Waals surface area contributed by atoms with Gasteiger partial charge in [0.25, 0.3) is 0 Å². The molecule has 68 heavy (non-hydrogen) atoms. The van der Waals surface area contributed by atoms with Crippen molar-refractivity contribution in [1.29, 1.82) is 0 Å². The van der Waals surface area contributed by atoms with Crippen molar-refractivity contribution in [3.8, 4) is 0 Å². The Morgan fingerprint density at radius 1 is 0.574 bits per heavy atom. The zero-order valence-corrected chi connectivity index (χ0v) is 43.3. The fraction of sp³-hybridized carbons (Fsp3) is 0.509. The second kappa shape index (κ2) is 22.7. The van der Waals surface area contributed by atoms with E-state index in [1.54, 1.807) is 0 Å². The van der Waals surface area contributed by atoms with E-state index in [9.17, 15) is 9.59 Å². The van der Waals surface area contributed by atoms with Gasteiger partial charge < -0.3 is 19.9 Å². The maximum absolute atomic E-state index is 11.8. The highest BCUT2D eigenvalue weighted by Crippen LogP contribution is 2.47. The van der Waals surface area contributed by atoms with Crippen LogP contribution in [0.4, 0.5) is 32.3 Å². The van der Waals surface area contributed by atoms with E-state index in [0.717, 1.165) is 71.4 Å². The lowest BCUT2D eigenvalue weighted by Gasteiger charge is -2.40. The number of unbranched alkanes of at least 4 members (excludes halogenated alkanes) is 1. The Morgan fingerprint density at radius 3 is 1.43 bits per heavy atom. The van der Waals surface area contributed by atoms with Crippen LogP contribution < -0.4 is 24.9 Å². The molecule has 4 aromatic rings. The van der Waals surface area contributed by atoms with E-state index < -0.39 is 18.2 Å². The van der Waals surface area contributed by atoms with Gasteiger partial charge in [-0.2, -0.15) is 4.48 Å². The molecule has 15 heteroatoms. The van der Waals surface area contributed by atoms with Crippen LogP contribution in [-0.2, 0) is 41.9 Å². The molecule has 0 atom stereocenters. The average molecular weight is 944 g/mol. The largest absolute Gasteiger partial charge is 0.530 e. The van der Waals surface area contributed by atoms with Crippen molar-refractivity contribution in [3.63, 3.8) is 0 Å². The van der Waals surface area contributed by atoms with Crippen molar-refractivity contribution in [2.45, 2.75) is 72.4 Å². The van der Waals surface area contributed by atoms with Gasteiger partial charge in [-0.1, -0.05) is 99.3 Å². The molecule has 0 saturated carbocycles. The second-order valence-electron chi connectivity index (χ2n) is 21.4. The number of likely N-dealkylation sites (N-methyl/N-ethyl adjacent to an activating group) is 2. The lowest BCUT2D eigenvalue weighted by atomic mass is 10.0. The number of carbonyl (C=O) groups is 2. The number of ether oxygens (including phenoxy) is 2. The molecule has 0 spiro atoms. The van der Waals surface area contributed by atoms with Crippen molar-refractivity contribution in [2.75, 3.05) is 107 Å². The van der Waals surface area contributed by atoms with Gasteiger partial charge in [-0.15, -0.1) is 9.78 Å². The molecule has 0 aliphatic carbocycles. The zero-order chi connectivity index (χ0) is 50.0. The first-order chi connectivity index (χ1) is 31.9. The molecule has 6 rings (SSSR count). The number of nitrogens with zero attached hydrogens (tertiary/aromatic N) is 4. The molecule has 15 nitrogen and oxygen atoms in total. The van der Waals surface area contributed by atoms with Crippen molar-refractivity contribution in [1.82, 2.24) is 14.3 Å². The van der Waals surface area contributed by atoms with Crippen molar-refractivity contribution < 1.29 is 47.6 Å². The van der Waals surface area contributed by atoms with Crippen LogP contribution in [-0.4, -0.2) is 129 Å². The van der Waals surface area contributed by atoms with Gasteiger partial charge in [0.1, 0.15) is 24.5 Å². The van der Waals surface area contributed by atoms with Crippen LogP contribution in [0.5, 0.6) is 0 Å². The minimum Gasteiger partial charge on any atom is -0.449 e. The number of nitrogens with one attached hydrogen (secondary N) is 3. The summed E-state index contributed by atoms with van der Waals surface area (Å²) in [4.78, 5) is 45.7. The van der Waals surface area contributed by atoms with Crippen LogP contribution in [0.15, 0.2) is 97.1 Å². The number of hydrogen-bond acceptors (Lipinski definition) is 8. The first-order valence-corrected chi connectivity index (χ1v) is 24.0. The van der Waals surface area contributed by atoms with E-state index >= 15 is 0 Å². The molecule has 0 unspecified atom stereocenters. The summed E-state index contributed by atoms with van der Waals surface area (Å²) in [5, 5.41) is 8.39. The fourth-order valence-electron chi connectivity index (χ4n) is 7.62. The number of urea groups is 1. The van der Waals surface area contributed by atoms with Gasteiger partial charge in [-0.25, -0.2) is 18.6 Å². The van der Waals surface area contributed by atoms with Gasteiger partial charge in [-0.3, -0.25) is 10.1 Å². The highest BCUT2D eigenvalue weighted by Gasteiger charge is 2.77. The Balaban J connectivity index is 0.000000266. The van der Waals surface area contributed by atoms with Crippen LogP contribution in [0.1, 0.15) is 69.7 Å². The van der Waals surface area contributed by atoms with Gasteiger partial charge >= 0.3 is 24.3 Å². The van der Waals surface area contributed by atoms with Crippen LogP contribution in [0.3, 0.4) is 0 Å². The van der Waals surface area contributed by atoms with Crippen LogP contribution in [0, 0.1) is 11.8 Å². The first kappa shape index (κ1) is 54.0. The summed E-state index contributed by atoms with van der Waals surface area (Å²) in [6.45, 7) is 13.9. The Hall–Kier alpha value is -4.94. The standard InChI is InChI=1S/C30H50N4O5.C23H31N3O3/c1-24(2)23-35-30(38-39-30)34(10,11)28-18-14-26(15-19-28)22-25-12-16-27(17-13-25)33(8,9)29(36-37-29)32(6,7)21-20-31(3,4)5;1-4-5-14-24-22(27)25-20-10-6-18(7-11-20)15-19-8-12-21(13-9-19)26-23(28)29-16-17(2)3/h12-19,24H,20-23H2,1-11H3;6-13,17H,4-5,14-16H2,1-3H3,(H,26,28)(H2,24,25,27)/q+4;. The number of quaternary nitrogens is 4. The summed E-state index contributed by atoms with van der Waals surface area (Å²) in [5.74, 6) is 0.696. The van der Waals surface area contributed by atoms with Gasteiger partial charge in [-0.05, 0) is 102 Å². The Labute approximate surface area is 406 Å². The summed E-state index contributed by atoms with van der Waals surface area (Å²) in [5.41, 5.74) is 8.41. The molecule has 0 aromatic heterocycles. The lowest BCUT2D eigenvalue weighted by molar-refractivity contribution is -0.981. The number of rotatable bonds is 22. The summed E-state index contributed by atoms with van der Waals surface area (Å²) in [6, 6.07) is 31.9. The lowest BCUT2D eigenvalue weighted by Crippen LogP contribution is -2.70.